The Balaban J connectivity index is -0.000000500. The van der Waals surface area contributed by atoms with Crippen LogP contribution in [0.4, 0.5) is 0 Å². The number of carbonyl (C=O) groups is 1. The van der Waals surface area contributed by atoms with E-state index in [0.717, 1.165) is 0 Å². The zero-order valence-corrected chi connectivity index (χ0v) is 13.5. The minimum absolute atomic E-state index is 0. The second-order valence-corrected chi connectivity index (χ2v) is 4.99. The van der Waals surface area contributed by atoms with Crippen molar-refractivity contribution in [2.24, 2.45) is 0 Å². The van der Waals surface area contributed by atoms with Crippen LogP contribution in [-0.2, 0) is 9.36 Å². The molecule has 0 aromatic carbocycles. The fourth-order valence-corrected chi connectivity index (χ4v) is 2.14. The van der Waals surface area contributed by atoms with E-state index in [2.05, 4.69) is 0 Å². The van der Waals surface area contributed by atoms with Gasteiger partial charge in [-0.1, -0.05) is 13.8 Å². The van der Waals surface area contributed by atoms with Crippen molar-refractivity contribution in [3.05, 3.63) is 0 Å². The van der Waals surface area contributed by atoms with Gasteiger partial charge in [0.25, 0.3) is 0 Å². The Morgan fingerprint density at radius 3 is 1.85 bits per heavy atom. The van der Waals surface area contributed by atoms with Crippen LogP contribution >= 0.6 is 7.37 Å². The van der Waals surface area contributed by atoms with E-state index in [1.54, 1.807) is 0 Å². The van der Waals surface area contributed by atoms with Crippen LogP contribution in [0.25, 0.3) is 0 Å². The number of carboxylic acids is 1. The molecule has 0 bridgehead atoms. The van der Waals surface area contributed by atoms with E-state index in [0.29, 0.717) is 0 Å². The average Bonchev–Trinajstić information content (AvgIpc) is 1.88. The normalized spacial score (nSPS) is 15.9. The Hall–Kier alpha value is 1.66. The molecule has 4 nitrogen and oxygen atoms in total. The molecule has 0 aliphatic rings. The van der Waals surface area contributed by atoms with Gasteiger partial charge in [-0.25, -0.2) is 0 Å². The third-order valence-corrected chi connectivity index (χ3v) is 3.98. The van der Waals surface area contributed by atoms with Crippen LogP contribution in [-0.4, -0.2) is 17.8 Å². The van der Waals surface area contributed by atoms with Crippen molar-refractivity contribution in [3.8, 4) is 0 Å². The maximum atomic E-state index is 11.0. The molecule has 0 fully saturated rings. The molecule has 7 heteroatoms. The molecule has 0 spiro atoms. The summed E-state index contributed by atoms with van der Waals surface area (Å²) < 4.78 is 11.0. The average molecular weight is 224 g/mol. The van der Waals surface area contributed by atoms with Crippen LogP contribution in [0.15, 0.2) is 0 Å². The maximum Gasteiger partial charge on any atom is 1.00 e. The van der Waals surface area contributed by atoms with Crippen molar-refractivity contribution >= 4 is 13.3 Å². The molecule has 0 N–H and O–H groups in total. The molecule has 0 radical (unpaired) electrons. The topological polar surface area (TPSA) is 80.3 Å². The van der Waals surface area contributed by atoms with Crippen molar-refractivity contribution in [2.45, 2.75) is 25.9 Å². The summed E-state index contributed by atoms with van der Waals surface area (Å²) in [5, 5.41) is 10.3. The van der Waals surface area contributed by atoms with Crippen LogP contribution in [0, 0.1) is 0 Å². The summed E-state index contributed by atoms with van der Waals surface area (Å²) in [6.45, 7) is 2.94. The standard InChI is InChI=1S/C6H13O4P.2Na/c1-3-5(6(7)8)11(9,10)4-2;;/h5H,3-4H2,1-2H3,(H,7,8)(H,9,10);;/q;2*+1/p-2. The molecule has 0 saturated heterocycles. The number of carboxylic acid groups (broad SMARTS) is 1. The molecular formula is C6H11Na2O4P. The van der Waals surface area contributed by atoms with Crippen LogP contribution in [0.2, 0.25) is 0 Å². The van der Waals surface area contributed by atoms with Gasteiger partial charge in [0.2, 0.25) is 0 Å². The number of hydrogen-bond donors (Lipinski definition) is 0. The molecule has 0 aliphatic heterocycles. The second-order valence-electron chi connectivity index (χ2n) is 2.29. The summed E-state index contributed by atoms with van der Waals surface area (Å²) in [7, 11) is -3.75. The summed E-state index contributed by atoms with van der Waals surface area (Å²) >= 11 is 0. The van der Waals surface area contributed by atoms with Crippen molar-refractivity contribution in [3.63, 3.8) is 0 Å². The van der Waals surface area contributed by atoms with Gasteiger partial charge in [0.1, 0.15) is 0 Å². The van der Waals surface area contributed by atoms with E-state index < -0.39 is 19.0 Å². The van der Waals surface area contributed by atoms with Gasteiger partial charge in [0, 0.05) is 13.0 Å². The molecular weight excluding hydrogens is 213 g/mol. The first-order valence-electron chi connectivity index (χ1n) is 3.46. The summed E-state index contributed by atoms with van der Waals surface area (Å²) in [6, 6.07) is 0. The van der Waals surface area contributed by atoms with Gasteiger partial charge < -0.3 is 19.4 Å². The molecule has 0 amide bonds. The van der Waals surface area contributed by atoms with Crippen molar-refractivity contribution in [1.29, 1.82) is 0 Å². The second kappa shape index (κ2) is 8.93. The summed E-state index contributed by atoms with van der Waals surface area (Å²) in [4.78, 5) is 21.2. The fraction of sp³-hybridized carbons (Fsp3) is 0.833. The molecule has 2 atom stereocenters. The monoisotopic (exact) mass is 224 g/mol. The van der Waals surface area contributed by atoms with E-state index in [1.165, 1.54) is 13.8 Å². The fourth-order valence-electron chi connectivity index (χ4n) is 0.826. The van der Waals surface area contributed by atoms with Crippen molar-refractivity contribution in [1.82, 2.24) is 0 Å². The Bertz CT molecular complexity index is 197. The van der Waals surface area contributed by atoms with Gasteiger partial charge in [0.15, 0.2) is 0 Å². The van der Waals surface area contributed by atoms with Gasteiger partial charge in [-0.15, -0.1) is 0 Å². The van der Waals surface area contributed by atoms with E-state index in [1.807, 2.05) is 0 Å². The molecule has 66 valence electrons. The Labute approximate surface area is 123 Å². The van der Waals surface area contributed by atoms with Crippen LogP contribution in [0.3, 0.4) is 0 Å². The predicted octanol–water partition coefficient (Wildman–Crippen LogP) is -6.82. The molecule has 0 aliphatic carbocycles. The molecule has 0 saturated carbocycles. The van der Waals surface area contributed by atoms with Crippen molar-refractivity contribution < 1.29 is 78.5 Å². The number of rotatable bonds is 4. The zero-order chi connectivity index (χ0) is 9.07. The van der Waals surface area contributed by atoms with Gasteiger partial charge >= 0.3 is 59.1 Å². The molecule has 0 rings (SSSR count). The predicted molar refractivity (Wildman–Crippen MR) is 37.2 cm³/mol. The maximum absolute atomic E-state index is 11.0. The van der Waals surface area contributed by atoms with E-state index >= 15 is 0 Å². The number of hydrogen-bond acceptors (Lipinski definition) is 4. The van der Waals surface area contributed by atoms with E-state index in [9.17, 15) is 19.4 Å². The minimum Gasteiger partial charge on any atom is -0.799 e. The number of carbonyl (C=O) groups excluding carboxylic acids is 1. The number of aliphatic carboxylic acids is 1. The van der Waals surface area contributed by atoms with Gasteiger partial charge in [-0.2, -0.15) is 0 Å². The third-order valence-electron chi connectivity index (χ3n) is 1.57. The minimum atomic E-state index is -3.75. The molecule has 0 aromatic heterocycles. The Morgan fingerprint density at radius 1 is 1.38 bits per heavy atom. The van der Waals surface area contributed by atoms with Crippen molar-refractivity contribution in [2.75, 3.05) is 6.16 Å². The first-order valence-corrected chi connectivity index (χ1v) is 5.34. The SMILES string of the molecule is CCC(C(=O)[O-])P(=O)([O-])CC.[Na+].[Na+]. The van der Waals surface area contributed by atoms with E-state index in [-0.39, 0.29) is 71.7 Å². The van der Waals surface area contributed by atoms with Crippen LogP contribution in [0.1, 0.15) is 20.3 Å². The Morgan fingerprint density at radius 2 is 1.77 bits per heavy atom. The van der Waals surface area contributed by atoms with Crippen LogP contribution in [0.5, 0.6) is 0 Å². The summed E-state index contributed by atoms with van der Waals surface area (Å²) in [6.07, 6.45) is -0.0452. The first-order chi connectivity index (χ1) is 4.95. The third kappa shape index (κ3) is 6.69. The molecule has 0 aromatic rings. The molecule has 13 heavy (non-hydrogen) atoms. The van der Waals surface area contributed by atoms with Gasteiger partial charge in [-0.3, -0.25) is 0 Å². The smallest absolute Gasteiger partial charge is 0.799 e. The Kier molecular flexibility index (Phi) is 13.8. The molecule has 2 unspecified atom stereocenters. The largest absolute Gasteiger partial charge is 1.00 e. The zero-order valence-electron chi connectivity index (χ0n) is 8.57. The summed E-state index contributed by atoms with van der Waals surface area (Å²) in [5.41, 5.74) is -1.31. The quantitative estimate of drug-likeness (QED) is 0.351. The van der Waals surface area contributed by atoms with Gasteiger partial charge in [0.05, 0.1) is 5.97 Å². The van der Waals surface area contributed by atoms with E-state index in [4.69, 9.17) is 0 Å². The summed E-state index contributed by atoms with van der Waals surface area (Å²) in [5.74, 6) is -1.49. The first kappa shape index (κ1) is 20.1. The molecule has 0 heterocycles. The van der Waals surface area contributed by atoms with Crippen LogP contribution < -0.4 is 69.1 Å². The van der Waals surface area contributed by atoms with Gasteiger partial charge in [-0.05, 0) is 12.6 Å².